The van der Waals surface area contributed by atoms with Crippen molar-refractivity contribution < 1.29 is 9.47 Å². The van der Waals surface area contributed by atoms with E-state index in [1.165, 1.54) is 20.4 Å². The predicted molar refractivity (Wildman–Crippen MR) is 78.7 cm³/mol. The lowest BCUT2D eigenvalue weighted by molar-refractivity contribution is 0.405. The third-order valence-electron chi connectivity index (χ3n) is 2.23. The Hall–Kier alpha value is -1.97. The Kier molecular flexibility index (Phi) is 5.42. The van der Waals surface area contributed by atoms with Crippen molar-refractivity contribution >= 4 is 34.5 Å². The molecule has 0 aliphatic rings. The van der Waals surface area contributed by atoms with Gasteiger partial charge < -0.3 is 20.5 Å². The van der Waals surface area contributed by atoms with Gasteiger partial charge in [-0.15, -0.1) is 0 Å². The maximum absolute atomic E-state index is 8.84. The molecule has 0 spiro atoms. The van der Waals surface area contributed by atoms with Gasteiger partial charge in [-0.3, -0.25) is 0 Å². The molecule has 0 aromatic heterocycles. The van der Waals surface area contributed by atoms with Gasteiger partial charge in [0.25, 0.3) is 0 Å². The Morgan fingerprint density at radius 2 is 2.05 bits per heavy atom. The molecule has 7 heteroatoms. The Balaban J connectivity index is 3.13. The van der Waals surface area contributed by atoms with Crippen LogP contribution in [0.5, 0.6) is 11.5 Å². The number of hydrogen-bond acceptors (Lipinski definition) is 5. The van der Waals surface area contributed by atoms with Crippen molar-refractivity contribution in [1.29, 1.82) is 5.26 Å². The van der Waals surface area contributed by atoms with Gasteiger partial charge in [-0.1, -0.05) is 23.8 Å². The number of nitriles is 1. The number of rotatable bonds is 5. The first kappa shape index (κ1) is 15.1. The zero-order valence-electron chi connectivity index (χ0n) is 10.4. The van der Waals surface area contributed by atoms with Gasteiger partial charge in [0.05, 0.1) is 24.9 Å². The molecule has 1 rings (SSSR count). The van der Waals surface area contributed by atoms with Crippen molar-refractivity contribution in [3.63, 3.8) is 0 Å². The predicted octanol–water partition coefficient (Wildman–Crippen LogP) is 2.46. The van der Waals surface area contributed by atoms with Crippen LogP contribution in [0.15, 0.2) is 23.9 Å². The summed E-state index contributed by atoms with van der Waals surface area (Å²) in [6.07, 6.45) is 1.40. The first-order valence-electron chi connectivity index (χ1n) is 5.11. The van der Waals surface area contributed by atoms with E-state index in [4.69, 9.17) is 44.3 Å². The minimum Gasteiger partial charge on any atom is -0.495 e. The number of methoxy groups -OCH3 is 2. The molecule has 0 aliphatic carbocycles. The number of nitrogens with two attached hydrogens (primary N) is 1. The fourth-order valence-corrected chi connectivity index (χ4v) is 1.62. The molecule has 0 saturated heterocycles. The Labute approximate surface area is 121 Å². The van der Waals surface area contributed by atoms with Crippen molar-refractivity contribution in [2.24, 2.45) is 5.73 Å². The van der Waals surface area contributed by atoms with E-state index in [1.54, 1.807) is 12.1 Å². The maximum atomic E-state index is 8.84. The first-order chi connectivity index (χ1) is 9.03. The average molecular weight is 298 g/mol. The Morgan fingerprint density at radius 1 is 1.42 bits per heavy atom. The standard InChI is InChI=1S/C12H12ClN3O2S/c1-17-10-4-9(11(18-2)3-8(10)13)16-6-7(5-14)12(15)19/h3-4,6,16H,1-2H3,(H2,15,19). The van der Waals surface area contributed by atoms with Crippen LogP contribution in [0, 0.1) is 11.3 Å². The number of thiocarbonyl (C=S) groups is 1. The van der Waals surface area contributed by atoms with Crippen molar-refractivity contribution in [1.82, 2.24) is 0 Å². The van der Waals surface area contributed by atoms with Gasteiger partial charge in [-0.05, 0) is 0 Å². The van der Waals surface area contributed by atoms with E-state index in [-0.39, 0.29) is 10.6 Å². The van der Waals surface area contributed by atoms with E-state index >= 15 is 0 Å². The van der Waals surface area contributed by atoms with Crippen molar-refractivity contribution in [2.45, 2.75) is 0 Å². The number of halogens is 1. The molecule has 0 amide bonds. The summed E-state index contributed by atoms with van der Waals surface area (Å²) in [4.78, 5) is 0.00916. The van der Waals surface area contributed by atoms with Crippen LogP contribution in [0.25, 0.3) is 0 Å². The molecule has 0 radical (unpaired) electrons. The number of benzene rings is 1. The molecule has 1 aromatic carbocycles. The van der Waals surface area contributed by atoms with E-state index in [1.807, 2.05) is 6.07 Å². The minimum absolute atomic E-state index is 0.00916. The molecular weight excluding hydrogens is 286 g/mol. The average Bonchev–Trinajstić information content (AvgIpc) is 2.39. The quantitative estimate of drug-likeness (QED) is 0.494. The summed E-state index contributed by atoms with van der Waals surface area (Å²) < 4.78 is 10.3. The fraction of sp³-hybridized carbons (Fsp3) is 0.167. The topological polar surface area (TPSA) is 80.3 Å². The summed E-state index contributed by atoms with van der Waals surface area (Å²) in [7, 11) is 3.01. The monoisotopic (exact) mass is 297 g/mol. The van der Waals surface area contributed by atoms with Crippen LogP contribution < -0.4 is 20.5 Å². The first-order valence-corrected chi connectivity index (χ1v) is 5.90. The summed E-state index contributed by atoms with van der Waals surface area (Å²) in [5.74, 6) is 0.981. The van der Waals surface area contributed by atoms with Crippen LogP contribution in [0.2, 0.25) is 5.02 Å². The van der Waals surface area contributed by atoms with Crippen LogP contribution in [0.1, 0.15) is 0 Å². The number of hydrogen-bond donors (Lipinski definition) is 2. The minimum atomic E-state index is 0.00916. The normalized spacial score (nSPS) is 10.5. The molecule has 0 unspecified atom stereocenters. The van der Waals surface area contributed by atoms with Crippen molar-refractivity contribution in [3.05, 3.63) is 28.9 Å². The molecular formula is C12H12ClN3O2S. The van der Waals surface area contributed by atoms with Gasteiger partial charge in [0.15, 0.2) is 0 Å². The summed E-state index contributed by atoms with van der Waals surface area (Å²) >= 11 is 10.7. The Bertz CT molecular complexity index is 567. The van der Waals surface area contributed by atoms with E-state index < -0.39 is 0 Å². The van der Waals surface area contributed by atoms with E-state index in [0.717, 1.165) is 0 Å². The highest BCUT2D eigenvalue weighted by molar-refractivity contribution is 7.80. The molecule has 0 heterocycles. The second kappa shape index (κ2) is 6.83. The summed E-state index contributed by atoms with van der Waals surface area (Å²) in [5, 5.41) is 12.1. The van der Waals surface area contributed by atoms with Gasteiger partial charge in [0, 0.05) is 18.3 Å². The second-order valence-electron chi connectivity index (χ2n) is 3.37. The van der Waals surface area contributed by atoms with Crippen LogP contribution >= 0.6 is 23.8 Å². The molecule has 0 fully saturated rings. The maximum Gasteiger partial charge on any atom is 0.144 e. The summed E-state index contributed by atoms with van der Waals surface area (Å²) in [5.41, 5.74) is 6.12. The third kappa shape index (κ3) is 3.74. The molecule has 3 N–H and O–H groups in total. The molecule has 5 nitrogen and oxygen atoms in total. The van der Waals surface area contributed by atoms with Crippen molar-refractivity contribution in [3.8, 4) is 17.6 Å². The van der Waals surface area contributed by atoms with Crippen LogP contribution in [-0.4, -0.2) is 19.2 Å². The molecule has 0 aliphatic heterocycles. The van der Waals surface area contributed by atoms with Crippen LogP contribution in [0.3, 0.4) is 0 Å². The molecule has 0 bridgehead atoms. The summed E-state index contributed by atoms with van der Waals surface area (Å²) in [6, 6.07) is 5.13. The lowest BCUT2D eigenvalue weighted by Gasteiger charge is -2.12. The van der Waals surface area contributed by atoms with Crippen LogP contribution in [0.4, 0.5) is 5.69 Å². The fourth-order valence-electron chi connectivity index (χ4n) is 1.28. The highest BCUT2D eigenvalue weighted by Crippen LogP contribution is 2.35. The van der Waals surface area contributed by atoms with Gasteiger partial charge >= 0.3 is 0 Å². The van der Waals surface area contributed by atoms with E-state index in [0.29, 0.717) is 22.2 Å². The molecule has 19 heavy (non-hydrogen) atoms. The third-order valence-corrected chi connectivity index (χ3v) is 2.75. The van der Waals surface area contributed by atoms with Gasteiger partial charge in [-0.2, -0.15) is 5.26 Å². The SMILES string of the molecule is COc1cc(NC=C(C#N)C(N)=S)c(OC)cc1Cl. The number of ether oxygens (including phenoxy) is 2. The van der Waals surface area contributed by atoms with Gasteiger partial charge in [0.1, 0.15) is 28.1 Å². The van der Waals surface area contributed by atoms with E-state index in [9.17, 15) is 0 Å². The second-order valence-corrected chi connectivity index (χ2v) is 4.21. The lowest BCUT2D eigenvalue weighted by Crippen LogP contribution is -2.11. The molecule has 0 saturated carbocycles. The highest BCUT2D eigenvalue weighted by atomic mass is 35.5. The van der Waals surface area contributed by atoms with Gasteiger partial charge in [0.2, 0.25) is 0 Å². The lowest BCUT2D eigenvalue weighted by atomic mass is 10.2. The number of nitrogens with zero attached hydrogens (tertiary/aromatic N) is 1. The zero-order valence-corrected chi connectivity index (χ0v) is 11.9. The smallest absolute Gasteiger partial charge is 0.144 e. The zero-order chi connectivity index (χ0) is 14.4. The highest BCUT2D eigenvalue weighted by Gasteiger charge is 2.09. The molecule has 100 valence electrons. The largest absolute Gasteiger partial charge is 0.495 e. The summed E-state index contributed by atoms with van der Waals surface area (Å²) in [6.45, 7) is 0. The van der Waals surface area contributed by atoms with E-state index in [2.05, 4.69) is 5.32 Å². The molecule has 1 aromatic rings. The number of nitrogens with one attached hydrogen (secondary N) is 1. The van der Waals surface area contributed by atoms with Crippen LogP contribution in [-0.2, 0) is 0 Å². The van der Waals surface area contributed by atoms with Gasteiger partial charge in [-0.25, -0.2) is 0 Å². The van der Waals surface area contributed by atoms with Crippen molar-refractivity contribution in [2.75, 3.05) is 19.5 Å². The Morgan fingerprint density at radius 3 is 2.53 bits per heavy atom. The number of anilines is 1. The molecule has 0 atom stereocenters.